The summed E-state index contributed by atoms with van der Waals surface area (Å²) < 4.78 is 0. The van der Waals surface area contributed by atoms with Crippen LogP contribution in [0, 0.1) is 0 Å². The Hall–Kier alpha value is -0.120. The lowest BCUT2D eigenvalue weighted by molar-refractivity contribution is 0.520. The fourth-order valence-electron chi connectivity index (χ4n) is 2.05. The van der Waals surface area contributed by atoms with Gasteiger partial charge in [-0.3, -0.25) is 0 Å². The van der Waals surface area contributed by atoms with E-state index in [9.17, 15) is 0 Å². The largest absolute Gasteiger partial charge is 0.317 e. The van der Waals surface area contributed by atoms with E-state index in [2.05, 4.69) is 16.0 Å². The maximum Gasteiger partial charge on any atom is -0.00484 e. The normalized spacial score (nSPS) is 24.0. The zero-order valence-corrected chi connectivity index (χ0v) is 10.7. The van der Waals surface area contributed by atoms with Crippen LogP contribution in [0.2, 0.25) is 0 Å². The molecular weight excluding hydrogens is 198 g/mol. The average Bonchev–Trinajstić information content (AvgIpc) is 3.10. The second-order valence-corrected chi connectivity index (χ2v) is 4.72. The van der Waals surface area contributed by atoms with Gasteiger partial charge in [0, 0.05) is 0 Å². The molecule has 3 nitrogen and oxygen atoms in total. The second-order valence-electron chi connectivity index (χ2n) is 4.72. The van der Waals surface area contributed by atoms with Crippen molar-refractivity contribution in [2.45, 2.75) is 44.9 Å². The Balaban J connectivity index is 0.000000121. The standard InChI is InChI=1S/C5H11N.2C4H9N/c1-2-4-6-5-3-1;2*1-2-4-5-3-1/h6H,1-5H2;2*5H,1-4H2. The molecule has 0 spiro atoms. The van der Waals surface area contributed by atoms with Gasteiger partial charge >= 0.3 is 0 Å². The molecule has 0 aromatic heterocycles. The third kappa shape index (κ3) is 9.13. The van der Waals surface area contributed by atoms with Crippen molar-refractivity contribution in [3.05, 3.63) is 0 Å². The summed E-state index contributed by atoms with van der Waals surface area (Å²) in [6.45, 7) is 7.50. The molecule has 96 valence electrons. The van der Waals surface area contributed by atoms with Gasteiger partial charge in [-0.15, -0.1) is 0 Å². The van der Waals surface area contributed by atoms with Gasteiger partial charge in [-0.2, -0.15) is 0 Å². The molecule has 0 saturated carbocycles. The van der Waals surface area contributed by atoms with Crippen molar-refractivity contribution in [1.29, 1.82) is 0 Å². The summed E-state index contributed by atoms with van der Waals surface area (Å²) in [6.07, 6.45) is 9.77. The number of hydrogen-bond acceptors (Lipinski definition) is 3. The third-order valence-electron chi connectivity index (χ3n) is 3.12. The van der Waals surface area contributed by atoms with E-state index in [4.69, 9.17) is 0 Å². The molecule has 3 rings (SSSR count). The first-order valence-corrected chi connectivity index (χ1v) is 7.12. The minimum absolute atomic E-state index is 1.25. The molecule has 3 aliphatic rings. The van der Waals surface area contributed by atoms with Crippen LogP contribution in [0.25, 0.3) is 0 Å². The van der Waals surface area contributed by atoms with Crippen molar-refractivity contribution in [3.8, 4) is 0 Å². The van der Waals surface area contributed by atoms with Crippen molar-refractivity contribution in [2.75, 3.05) is 39.3 Å². The van der Waals surface area contributed by atoms with Crippen molar-refractivity contribution < 1.29 is 0 Å². The molecule has 0 aromatic carbocycles. The molecule has 0 atom stereocenters. The fourth-order valence-corrected chi connectivity index (χ4v) is 2.05. The SMILES string of the molecule is C1CCNC1.C1CCNC1.C1CCNCC1. The summed E-state index contributed by atoms with van der Waals surface area (Å²) in [7, 11) is 0. The Labute approximate surface area is 101 Å². The molecule has 3 aliphatic heterocycles. The summed E-state index contributed by atoms with van der Waals surface area (Å²) in [5.74, 6) is 0. The highest BCUT2D eigenvalue weighted by molar-refractivity contribution is 4.56. The molecule has 16 heavy (non-hydrogen) atoms. The van der Waals surface area contributed by atoms with E-state index in [1.54, 1.807) is 0 Å². The zero-order chi connectivity index (χ0) is 11.3. The Morgan fingerprint density at radius 2 is 0.562 bits per heavy atom. The molecule has 3 fully saturated rings. The predicted molar refractivity (Wildman–Crippen MR) is 70.9 cm³/mol. The van der Waals surface area contributed by atoms with Crippen molar-refractivity contribution in [3.63, 3.8) is 0 Å². The number of rotatable bonds is 0. The summed E-state index contributed by atoms with van der Waals surface area (Å²) in [5, 5.41) is 9.73. The van der Waals surface area contributed by atoms with Crippen molar-refractivity contribution >= 4 is 0 Å². The first-order valence-electron chi connectivity index (χ1n) is 7.12. The third-order valence-corrected chi connectivity index (χ3v) is 3.12. The van der Waals surface area contributed by atoms with Crippen LogP contribution in [0.15, 0.2) is 0 Å². The number of hydrogen-bond donors (Lipinski definition) is 3. The van der Waals surface area contributed by atoms with Gasteiger partial charge in [0.25, 0.3) is 0 Å². The minimum atomic E-state index is 1.25. The Bertz CT molecular complexity index is 90.4. The lowest BCUT2D eigenvalue weighted by Crippen LogP contribution is -2.21. The highest BCUT2D eigenvalue weighted by Crippen LogP contribution is 1.96. The molecule has 0 bridgehead atoms. The van der Waals surface area contributed by atoms with Crippen molar-refractivity contribution in [2.24, 2.45) is 0 Å². The van der Waals surface area contributed by atoms with Crippen molar-refractivity contribution in [1.82, 2.24) is 16.0 Å². The molecule has 0 radical (unpaired) electrons. The Morgan fingerprint density at radius 1 is 0.312 bits per heavy atom. The summed E-state index contributed by atoms with van der Waals surface area (Å²) in [5.41, 5.74) is 0. The fraction of sp³-hybridized carbons (Fsp3) is 1.00. The lowest BCUT2D eigenvalue weighted by atomic mass is 10.2. The molecule has 3 N–H and O–H groups in total. The van der Waals surface area contributed by atoms with Crippen LogP contribution in [-0.4, -0.2) is 39.3 Å². The molecule has 0 aliphatic carbocycles. The molecule has 3 heterocycles. The van der Waals surface area contributed by atoms with Crippen LogP contribution in [0.5, 0.6) is 0 Å². The molecule has 3 heteroatoms. The first kappa shape index (κ1) is 13.9. The maximum absolute atomic E-state index is 3.28. The van der Waals surface area contributed by atoms with E-state index >= 15 is 0 Å². The van der Waals surface area contributed by atoms with Crippen LogP contribution in [0.1, 0.15) is 44.9 Å². The summed E-state index contributed by atoms with van der Waals surface area (Å²) >= 11 is 0. The monoisotopic (exact) mass is 227 g/mol. The van der Waals surface area contributed by atoms with Gasteiger partial charge < -0.3 is 16.0 Å². The highest BCUT2D eigenvalue weighted by atomic mass is 14.9. The molecule has 0 unspecified atom stereocenters. The molecule has 0 aromatic rings. The van der Waals surface area contributed by atoms with E-state index in [0.717, 1.165) is 0 Å². The Kier molecular flexibility index (Phi) is 9.91. The van der Waals surface area contributed by atoms with E-state index < -0.39 is 0 Å². The highest BCUT2D eigenvalue weighted by Gasteiger charge is 1.94. The minimum Gasteiger partial charge on any atom is -0.317 e. The average molecular weight is 227 g/mol. The van der Waals surface area contributed by atoms with Crippen LogP contribution in [0.4, 0.5) is 0 Å². The first-order chi connectivity index (χ1) is 8.00. The predicted octanol–water partition coefficient (Wildman–Crippen LogP) is 1.50. The van der Waals surface area contributed by atoms with Crippen LogP contribution in [-0.2, 0) is 0 Å². The van der Waals surface area contributed by atoms with Crippen LogP contribution in [0.3, 0.4) is 0 Å². The quantitative estimate of drug-likeness (QED) is 0.587. The Morgan fingerprint density at radius 3 is 0.688 bits per heavy atom. The van der Waals surface area contributed by atoms with Crippen LogP contribution >= 0.6 is 0 Å². The van der Waals surface area contributed by atoms with Gasteiger partial charge in [0.2, 0.25) is 0 Å². The summed E-state index contributed by atoms with van der Waals surface area (Å²) in [6, 6.07) is 0. The van der Waals surface area contributed by atoms with E-state index in [1.165, 1.54) is 84.2 Å². The zero-order valence-electron chi connectivity index (χ0n) is 10.7. The van der Waals surface area contributed by atoms with Crippen LogP contribution < -0.4 is 16.0 Å². The smallest absolute Gasteiger partial charge is 0.00484 e. The maximum atomic E-state index is 3.28. The molecule has 3 saturated heterocycles. The van der Waals surface area contributed by atoms with Gasteiger partial charge in [0.1, 0.15) is 0 Å². The number of nitrogens with one attached hydrogen (secondary N) is 3. The van der Waals surface area contributed by atoms with Gasteiger partial charge in [0.05, 0.1) is 0 Å². The van der Waals surface area contributed by atoms with Gasteiger partial charge in [-0.05, 0) is 77.8 Å². The van der Waals surface area contributed by atoms with E-state index in [0.29, 0.717) is 0 Å². The molecular formula is C13H29N3. The molecule has 0 amide bonds. The second kappa shape index (κ2) is 11.4. The summed E-state index contributed by atoms with van der Waals surface area (Å²) in [4.78, 5) is 0. The van der Waals surface area contributed by atoms with Gasteiger partial charge in [-0.1, -0.05) is 6.42 Å². The van der Waals surface area contributed by atoms with Gasteiger partial charge in [-0.25, -0.2) is 0 Å². The van der Waals surface area contributed by atoms with Gasteiger partial charge in [0.15, 0.2) is 0 Å². The number of piperidine rings is 1. The van der Waals surface area contributed by atoms with E-state index in [-0.39, 0.29) is 0 Å². The lowest BCUT2D eigenvalue weighted by Gasteiger charge is -2.08. The topological polar surface area (TPSA) is 36.1 Å². The van der Waals surface area contributed by atoms with E-state index in [1.807, 2.05) is 0 Å².